The zero-order chi connectivity index (χ0) is 12.8. The maximum absolute atomic E-state index is 11.8. The van der Waals surface area contributed by atoms with Crippen molar-refractivity contribution in [1.29, 1.82) is 0 Å². The Balaban J connectivity index is 1.85. The molecule has 0 aliphatic heterocycles. The summed E-state index contributed by atoms with van der Waals surface area (Å²) in [5.74, 6) is 0.828. The lowest BCUT2D eigenvalue weighted by Gasteiger charge is -2.07. The molecule has 2 aromatic rings. The van der Waals surface area contributed by atoms with E-state index in [0.29, 0.717) is 6.42 Å². The summed E-state index contributed by atoms with van der Waals surface area (Å²) >= 11 is 1.69. The van der Waals surface area contributed by atoms with E-state index in [-0.39, 0.29) is 5.91 Å². The molecule has 0 saturated carbocycles. The molecule has 0 unspecified atom stereocenters. The van der Waals surface area contributed by atoms with Crippen LogP contribution >= 0.6 is 11.3 Å². The lowest BCUT2D eigenvalue weighted by molar-refractivity contribution is -0.116. The van der Waals surface area contributed by atoms with Gasteiger partial charge < -0.3 is 5.32 Å². The maximum Gasteiger partial charge on any atom is 0.225 e. The van der Waals surface area contributed by atoms with Crippen LogP contribution in [0.1, 0.15) is 24.6 Å². The van der Waals surface area contributed by atoms with Gasteiger partial charge in [-0.25, -0.2) is 4.68 Å². The van der Waals surface area contributed by atoms with Gasteiger partial charge in [-0.15, -0.1) is 11.3 Å². The van der Waals surface area contributed by atoms with E-state index in [2.05, 4.69) is 23.4 Å². The third-order valence-electron chi connectivity index (χ3n) is 2.60. The first-order valence-electron chi connectivity index (χ1n) is 6.13. The molecule has 96 valence electrons. The van der Waals surface area contributed by atoms with Gasteiger partial charge in [0.1, 0.15) is 5.82 Å². The molecule has 0 bridgehead atoms. The van der Waals surface area contributed by atoms with Gasteiger partial charge in [-0.1, -0.05) is 13.0 Å². The summed E-state index contributed by atoms with van der Waals surface area (Å²) in [6, 6.07) is 5.90. The van der Waals surface area contributed by atoms with E-state index >= 15 is 0 Å². The number of amides is 1. The summed E-state index contributed by atoms with van der Waals surface area (Å²) in [6.07, 6.45) is 4.02. The van der Waals surface area contributed by atoms with Gasteiger partial charge in [0.25, 0.3) is 0 Å². The van der Waals surface area contributed by atoms with Crippen LogP contribution in [0.2, 0.25) is 0 Å². The molecule has 2 aromatic heterocycles. The van der Waals surface area contributed by atoms with Gasteiger partial charge in [-0.3, -0.25) is 4.79 Å². The Bertz CT molecular complexity index is 490. The average molecular weight is 263 g/mol. The van der Waals surface area contributed by atoms with Crippen molar-refractivity contribution < 1.29 is 4.79 Å². The fourth-order valence-corrected chi connectivity index (χ4v) is 2.43. The smallest absolute Gasteiger partial charge is 0.225 e. The normalized spacial score (nSPS) is 10.5. The third kappa shape index (κ3) is 3.43. The van der Waals surface area contributed by atoms with Gasteiger partial charge in [0.2, 0.25) is 5.91 Å². The van der Waals surface area contributed by atoms with Crippen molar-refractivity contribution >= 4 is 23.1 Å². The Morgan fingerprint density at radius 1 is 1.50 bits per heavy atom. The summed E-state index contributed by atoms with van der Waals surface area (Å²) in [4.78, 5) is 13.1. The number of aromatic nitrogens is 2. The van der Waals surface area contributed by atoms with Crippen molar-refractivity contribution in [2.24, 2.45) is 0 Å². The van der Waals surface area contributed by atoms with Crippen LogP contribution in [-0.4, -0.2) is 15.7 Å². The lowest BCUT2D eigenvalue weighted by atomic mass is 10.2. The Hall–Kier alpha value is -1.62. The molecule has 0 aliphatic carbocycles. The Morgan fingerprint density at radius 3 is 3.11 bits per heavy atom. The van der Waals surface area contributed by atoms with E-state index in [9.17, 15) is 4.79 Å². The summed E-state index contributed by atoms with van der Waals surface area (Å²) in [5, 5.41) is 9.11. The van der Waals surface area contributed by atoms with E-state index < -0.39 is 0 Å². The summed E-state index contributed by atoms with van der Waals surface area (Å²) in [6.45, 7) is 2.91. The SMILES string of the molecule is CCCn1nccc1NC(=O)CCc1cccs1. The lowest BCUT2D eigenvalue weighted by Crippen LogP contribution is -2.15. The van der Waals surface area contributed by atoms with E-state index in [1.165, 1.54) is 4.88 Å². The van der Waals surface area contributed by atoms with E-state index in [0.717, 1.165) is 25.2 Å². The maximum atomic E-state index is 11.8. The third-order valence-corrected chi connectivity index (χ3v) is 3.53. The van der Waals surface area contributed by atoms with Crippen LogP contribution in [-0.2, 0) is 17.8 Å². The number of nitrogens with one attached hydrogen (secondary N) is 1. The number of anilines is 1. The van der Waals surface area contributed by atoms with Crippen LogP contribution in [0.25, 0.3) is 0 Å². The van der Waals surface area contributed by atoms with Crippen molar-refractivity contribution in [2.45, 2.75) is 32.7 Å². The van der Waals surface area contributed by atoms with Gasteiger partial charge in [0.15, 0.2) is 0 Å². The predicted octanol–water partition coefficient (Wildman–Crippen LogP) is 2.93. The van der Waals surface area contributed by atoms with E-state index in [4.69, 9.17) is 0 Å². The van der Waals surface area contributed by atoms with Crippen LogP contribution in [0, 0.1) is 0 Å². The second-order valence-corrected chi connectivity index (χ2v) is 5.10. The van der Waals surface area contributed by atoms with Crippen LogP contribution in [0.3, 0.4) is 0 Å². The van der Waals surface area contributed by atoms with Gasteiger partial charge >= 0.3 is 0 Å². The number of aryl methyl sites for hydroxylation is 2. The molecule has 0 aliphatic rings. The first kappa shape index (κ1) is 12.8. The number of hydrogen-bond acceptors (Lipinski definition) is 3. The molecule has 0 atom stereocenters. The molecule has 4 nitrogen and oxygen atoms in total. The molecular weight excluding hydrogens is 246 g/mol. The van der Waals surface area contributed by atoms with Crippen molar-refractivity contribution in [3.63, 3.8) is 0 Å². The minimum Gasteiger partial charge on any atom is -0.311 e. The van der Waals surface area contributed by atoms with Crippen molar-refractivity contribution in [2.75, 3.05) is 5.32 Å². The number of thiophene rings is 1. The molecule has 18 heavy (non-hydrogen) atoms. The zero-order valence-electron chi connectivity index (χ0n) is 10.4. The summed E-state index contributed by atoms with van der Waals surface area (Å²) in [5.41, 5.74) is 0. The number of rotatable bonds is 6. The minimum atomic E-state index is 0.0428. The molecule has 0 radical (unpaired) electrons. The number of hydrogen-bond donors (Lipinski definition) is 1. The summed E-state index contributed by atoms with van der Waals surface area (Å²) in [7, 11) is 0. The van der Waals surface area contributed by atoms with Crippen molar-refractivity contribution in [1.82, 2.24) is 9.78 Å². The summed E-state index contributed by atoms with van der Waals surface area (Å²) < 4.78 is 1.82. The topological polar surface area (TPSA) is 46.9 Å². The van der Waals surface area contributed by atoms with Crippen LogP contribution in [0.5, 0.6) is 0 Å². The fraction of sp³-hybridized carbons (Fsp3) is 0.385. The van der Waals surface area contributed by atoms with E-state index in [1.807, 2.05) is 22.2 Å². The molecule has 0 aromatic carbocycles. The first-order valence-corrected chi connectivity index (χ1v) is 7.01. The van der Waals surface area contributed by atoms with Crippen molar-refractivity contribution in [3.8, 4) is 0 Å². The predicted molar refractivity (Wildman–Crippen MR) is 73.8 cm³/mol. The highest BCUT2D eigenvalue weighted by Crippen LogP contribution is 2.12. The second-order valence-electron chi connectivity index (χ2n) is 4.07. The Kier molecular flexibility index (Phi) is 4.52. The standard InChI is InChI=1S/C13H17N3OS/c1-2-9-16-12(7-8-14-16)15-13(17)6-5-11-4-3-10-18-11/h3-4,7-8,10H,2,5-6,9H2,1H3,(H,15,17). The molecule has 1 amide bonds. The quantitative estimate of drug-likeness (QED) is 0.871. The minimum absolute atomic E-state index is 0.0428. The van der Waals surface area contributed by atoms with E-state index in [1.54, 1.807) is 17.5 Å². The van der Waals surface area contributed by atoms with Gasteiger partial charge in [-0.05, 0) is 24.3 Å². The Morgan fingerprint density at radius 2 is 2.39 bits per heavy atom. The van der Waals surface area contributed by atoms with Gasteiger partial charge in [-0.2, -0.15) is 5.10 Å². The number of nitrogens with zero attached hydrogens (tertiary/aromatic N) is 2. The van der Waals surface area contributed by atoms with Gasteiger partial charge in [0.05, 0.1) is 6.20 Å². The zero-order valence-corrected chi connectivity index (χ0v) is 11.2. The van der Waals surface area contributed by atoms with Crippen LogP contribution < -0.4 is 5.32 Å². The number of carbonyl (C=O) groups excluding carboxylic acids is 1. The largest absolute Gasteiger partial charge is 0.311 e. The molecular formula is C13H17N3OS. The highest BCUT2D eigenvalue weighted by molar-refractivity contribution is 7.09. The molecule has 0 saturated heterocycles. The average Bonchev–Trinajstić information content (AvgIpc) is 2.99. The van der Waals surface area contributed by atoms with Crippen LogP contribution in [0.15, 0.2) is 29.8 Å². The molecule has 0 spiro atoms. The van der Waals surface area contributed by atoms with Crippen LogP contribution in [0.4, 0.5) is 5.82 Å². The monoisotopic (exact) mass is 263 g/mol. The molecule has 2 rings (SSSR count). The van der Waals surface area contributed by atoms with Crippen molar-refractivity contribution in [3.05, 3.63) is 34.7 Å². The first-order chi connectivity index (χ1) is 8.79. The second kappa shape index (κ2) is 6.35. The number of carbonyl (C=O) groups is 1. The molecule has 1 N–H and O–H groups in total. The fourth-order valence-electron chi connectivity index (χ4n) is 1.73. The highest BCUT2D eigenvalue weighted by Gasteiger charge is 2.07. The molecule has 2 heterocycles. The highest BCUT2D eigenvalue weighted by atomic mass is 32.1. The molecule has 0 fully saturated rings. The van der Waals surface area contributed by atoms with Gasteiger partial charge in [0, 0.05) is 23.9 Å². The molecule has 5 heteroatoms. The Labute approximate surface area is 111 Å².